The van der Waals surface area contributed by atoms with Gasteiger partial charge in [-0.05, 0) is 19.4 Å². The zero-order valence-corrected chi connectivity index (χ0v) is 12.6. The van der Waals surface area contributed by atoms with E-state index in [1.165, 1.54) is 0 Å². The lowest BCUT2D eigenvalue weighted by molar-refractivity contribution is -0.138. The van der Waals surface area contributed by atoms with E-state index >= 15 is 0 Å². The zero-order valence-electron chi connectivity index (χ0n) is 12.6. The molecule has 2 heterocycles. The zero-order chi connectivity index (χ0) is 15.1. The molecule has 2 N–H and O–H groups in total. The van der Waals surface area contributed by atoms with Crippen molar-refractivity contribution in [3.8, 4) is 0 Å². The standard InChI is InChI=1S/C15H26N4O2/c1-2-5-17-14(20)12-18-7-9-19(10-8-18)15(21)13-4-3-6-16-11-13/h2,13,16H,1,3-12H2,(H,17,20). The topological polar surface area (TPSA) is 64.7 Å². The van der Waals surface area contributed by atoms with E-state index in [0.717, 1.165) is 52.1 Å². The van der Waals surface area contributed by atoms with Gasteiger partial charge in [-0.2, -0.15) is 0 Å². The summed E-state index contributed by atoms with van der Waals surface area (Å²) < 4.78 is 0. The molecule has 2 saturated heterocycles. The number of nitrogens with zero attached hydrogens (tertiary/aromatic N) is 2. The van der Waals surface area contributed by atoms with Gasteiger partial charge in [0.05, 0.1) is 12.5 Å². The van der Waals surface area contributed by atoms with Crippen molar-refractivity contribution in [1.82, 2.24) is 20.4 Å². The van der Waals surface area contributed by atoms with Crippen LogP contribution < -0.4 is 10.6 Å². The quantitative estimate of drug-likeness (QED) is 0.667. The lowest BCUT2D eigenvalue weighted by atomic mass is 9.98. The molecule has 2 aliphatic heterocycles. The predicted octanol–water partition coefficient (Wildman–Crippen LogP) is -0.568. The average molecular weight is 294 g/mol. The first kappa shape index (κ1) is 16.0. The number of rotatable bonds is 5. The number of carbonyl (C=O) groups excluding carboxylic acids is 2. The monoisotopic (exact) mass is 294 g/mol. The molecule has 6 heteroatoms. The van der Waals surface area contributed by atoms with Gasteiger partial charge in [0.1, 0.15) is 0 Å². The summed E-state index contributed by atoms with van der Waals surface area (Å²) in [6, 6.07) is 0. The van der Waals surface area contributed by atoms with Crippen molar-refractivity contribution in [2.24, 2.45) is 5.92 Å². The highest BCUT2D eigenvalue weighted by Gasteiger charge is 2.28. The van der Waals surface area contributed by atoms with E-state index in [1.807, 2.05) is 4.90 Å². The molecule has 0 aromatic heterocycles. The summed E-state index contributed by atoms with van der Waals surface area (Å²) >= 11 is 0. The van der Waals surface area contributed by atoms with Gasteiger partial charge in [-0.25, -0.2) is 0 Å². The molecule has 0 aromatic carbocycles. The maximum absolute atomic E-state index is 12.4. The van der Waals surface area contributed by atoms with E-state index in [1.54, 1.807) is 6.08 Å². The Morgan fingerprint density at radius 3 is 2.67 bits per heavy atom. The van der Waals surface area contributed by atoms with E-state index in [-0.39, 0.29) is 17.7 Å². The lowest BCUT2D eigenvalue weighted by Crippen LogP contribution is -2.53. The maximum atomic E-state index is 12.4. The Morgan fingerprint density at radius 2 is 2.05 bits per heavy atom. The highest BCUT2D eigenvalue weighted by molar-refractivity contribution is 5.80. The highest BCUT2D eigenvalue weighted by Crippen LogP contribution is 2.14. The Balaban J connectivity index is 1.71. The van der Waals surface area contributed by atoms with Gasteiger partial charge in [0, 0.05) is 39.3 Å². The van der Waals surface area contributed by atoms with Crippen LogP contribution >= 0.6 is 0 Å². The van der Waals surface area contributed by atoms with Crippen molar-refractivity contribution in [2.45, 2.75) is 12.8 Å². The molecular weight excluding hydrogens is 268 g/mol. The Labute approximate surface area is 126 Å². The molecule has 0 saturated carbocycles. The average Bonchev–Trinajstić information content (AvgIpc) is 2.54. The molecule has 2 rings (SSSR count). The number of carbonyl (C=O) groups is 2. The molecule has 21 heavy (non-hydrogen) atoms. The van der Waals surface area contributed by atoms with Crippen molar-refractivity contribution >= 4 is 11.8 Å². The smallest absolute Gasteiger partial charge is 0.234 e. The Kier molecular flexibility index (Phi) is 6.20. The number of hydrogen-bond donors (Lipinski definition) is 2. The molecule has 6 nitrogen and oxygen atoms in total. The van der Waals surface area contributed by atoms with Gasteiger partial charge in [-0.15, -0.1) is 6.58 Å². The summed E-state index contributed by atoms with van der Waals surface area (Å²) in [6.07, 6.45) is 3.75. The van der Waals surface area contributed by atoms with Crippen LogP contribution in [0.4, 0.5) is 0 Å². The molecule has 0 spiro atoms. The molecule has 0 bridgehead atoms. The first-order valence-corrected chi connectivity index (χ1v) is 7.80. The first-order chi connectivity index (χ1) is 10.2. The Bertz CT molecular complexity index is 372. The molecule has 0 aromatic rings. The van der Waals surface area contributed by atoms with Crippen LogP contribution in [-0.2, 0) is 9.59 Å². The van der Waals surface area contributed by atoms with E-state index in [4.69, 9.17) is 0 Å². The number of amides is 2. The third kappa shape index (κ3) is 4.82. The Hall–Kier alpha value is -1.40. The maximum Gasteiger partial charge on any atom is 0.234 e. The normalized spacial score (nSPS) is 23.6. The number of piperidine rings is 1. The summed E-state index contributed by atoms with van der Waals surface area (Å²) in [6.45, 7) is 9.31. The summed E-state index contributed by atoms with van der Waals surface area (Å²) in [5.74, 6) is 0.435. The second-order valence-electron chi connectivity index (χ2n) is 5.74. The summed E-state index contributed by atoms with van der Waals surface area (Å²) in [5.41, 5.74) is 0. The molecule has 0 radical (unpaired) electrons. The molecule has 0 aliphatic carbocycles. The summed E-state index contributed by atoms with van der Waals surface area (Å²) in [5, 5.41) is 6.07. The van der Waals surface area contributed by atoms with Crippen LogP contribution in [0.5, 0.6) is 0 Å². The minimum absolute atomic E-state index is 0.0196. The lowest BCUT2D eigenvalue weighted by Gasteiger charge is -2.36. The molecule has 2 fully saturated rings. The van der Waals surface area contributed by atoms with Gasteiger partial charge >= 0.3 is 0 Å². The second-order valence-corrected chi connectivity index (χ2v) is 5.74. The van der Waals surface area contributed by atoms with Crippen LogP contribution in [0.25, 0.3) is 0 Å². The first-order valence-electron chi connectivity index (χ1n) is 7.80. The fourth-order valence-electron chi connectivity index (χ4n) is 2.89. The van der Waals surface area contributed by atoms with E-state index in [0.29, 0.717) is 13.1 Å². The van der Waals surface area contributed by atoms with Gasteiger partial charge in [0.15, 0.2) is 0 Å². The van der Waals surface area contributed by atoms with Crippen molar-refractivity contribution in [2.75, 3.05) is 52.4 Å². The van der Waals surface area contributed by atoms with E-state index in [2.05, 4.69) is 22.1 Å². The largest absolute Gasteiger partial charge is 0.352 e. The number of piperazine rings is 1. The van der Waals surface area contributed by atoms with Crippen molar-refractivity contribution in [3.63, 3.8) is 0 Å². The molecule has 2 aliphatic rings. The minimum atomic E-state index is 0.0196. The molecule has 1 unspecified atom stereocenters. The molecule has 118 valence electrons. The third-order valence-electron chi connectivity index (χ3n) is 4.14. The molecule has 2 amide bonds. The van der Waals surface area contributed by atoms with Crippen LogP contribution in [0.3, 0.4) is 0 Å². The van der Waals surface area contributed by atoms with Crippen LogP contribution in [-0.4, -0.2) is 74.0 Å². The van der Waals surface area contributed by atoms with Gasteiger partial charge in [-0.1, -0.05) is 6.08 Å². The number of hydrogen-bond acceptors (Lipinski definition) is 4. The summed E-state index contributed by atoms with van der Waals surface area (Å²) in [4.78, 5) is 28.1. The van der Waals surface area contributed by atoms with Crippen molar-refractivity contribution in [1.29, 1.82) is 0 Å². The fourth-order valence-corrected chi connectivity index (χ4v) is 2.89. The van der Waals surface area contributed by atoms with Gasteiger partial charge in [-0.3, -0.25) is 14.5 Å². The molecular formula is C15H26N4O2. The molecule has 1 atom stereocenters. The van der Waals surface area contributed by atoms with Crippen LogP contribution in [0.1, 0.15) is 12.8 Å². The van der Waals surface area contributed by atoms with Gasteiger partial charge in [0.2, 0.25) is 11.8 Å². The second kappa shape index (κ2) is 8.14. The van der Waals surface area contributed by atoms with E-state index < -0.39 is 0 Å². The van der Waals surface area contributed by atoms with Crippen LogP contribution in [0, 0.1) is 5.92 Å². The minimum Gasteiger partial charge on any atom is -0.352 e. The van der Waals surface area contributed by atoms with Gasteiger partial charge in [0.25, 0.3) is 0 Å². The van der Waals surface area contributed by atoms with Crippen LogP contribution in [0.15, 0.2) is 12.7 Å². The Morgan fingerprint density at radius 1 is 1.29 bits per heavy atom. The fraction of sp³-hybridized carbons (Fsp3) is 0.733. The third-order valence-corrected chi connectivity index (χ3v) is 4.14. The van der Waals surface area contributed by atoms with Gasteiger partial charge < -0.3 is 15.5 Å². The van der Waals surface area contributed by atoms with Crippen molar-refractivity contribution in [3.05, 3.63) is 12.7 Å². The van der Waals surface area contributed by atoms with Crippen molar-refractivity contribution < 1.29 is 9.59 Å². The number of nitrogens with one attached hydrogen (secondary N) is 2. The predicted molar refractivity (Wildman–Crippen MR) is 81.8 cm³/mol. The van der Waals surface area contributed by atoms with E-state index in [9.17, 15) is 9.59 Å². The SMILES string of the molecule is C=CCNC(=O)CN1CCN(C(=O)C2CCCNC2)CC1. The highest BCUT2D eigenvalue weighted by atomic mass is 16.2. The van der Waals surface area contributed by atoms with Crippen LogP contribution in [0.2, 0.25) is 0 Å². The summed E-state index contributed by atoms with van der Waals surface area (Å²) in [7, 11) is 0.